The van der Waals surface area contributed by atoms with E-state index >= 15 is 0 Å². The SMILES string of the molecule is C=C[C@]1(C)C[C@@H](OC(=O)CSCC2COCCN2C(=O)[C@H](N)C(C)C)[C@]2(C)C(C)CC[C@]3(CCC(=O)C32)[C@@H](C)[C@@H]1O. The first-order valence-corrected chi connectivity index (χ1v) is 16.6. The van der Waals surface area contributed by atoms with Crippen LogP contribution in [-0.2, 0) is 23.9 Å². The van der Waals surface area contributed by atoms with Crippen molar-refractivity contribution in [2.75, 3.05) is 31.3 Å². The van der Waals surface area contributed by atoms with Crippen molar-refractivity contribution < 1.29 is 29.0 Å². The van der Waals surface area contributed by atoms with Gasteiger partial charge in [-0.15, -0.1) is 18.3 Å². The van der Waals surface area contributed by atoms with Gasteiger partial charge >= 0.3 is 5.97 Å². The van der Waals surface area contributed by atoms with Gasteiger partial charge in [0.15, 0.2) is 0 Å². The molecule has 41 heavy (non-hydrogen) atoms. The summed E-state index contributed by atoms with van der Waals surface area (Å²) in [6.45, 7) is 17.8. The topological polar surface area (TPSA) is 119 Å². The van der Waals surface area contributed by atoms with Crippen molar-refractivity contribution in [2.45, 2.75) is 97.9 Å². The lowest BCUT2D eigenvalue weighted by Gasteiger charge is -2.61. The number of esters is 1. The molecule has 232 valence electrons. The number of ketones is 1. The lowest BCUT2D eigenvalue weighted by Crippen LogP contribution is -2.63. The van der Waals surface area contributed by atoms with Crippen LogP contribution in [0.4, 0.5) is 0 Å². The Morgan fingerprint density at radius 2 is 2.00 bits per heavy atom. The number of carbonyl (C=O) groups excluding carboxylic acids is 3. The Morgan fingerprint density at radius 3 is 2.66 bits per heavy atom. The molecule has 4 rings (SSSR count). The van der Waals surface area contributed by atoms with Crippen LogP contribution in [0.3, 0.4) is 0 Å². The molecule has 1 amide bonds. The molecule has 0 aromatic heterocycles. The number of ether oxygens (including phenoxy) is 2. The maximum Gasteiger partial charge on any atom is 0.316 e. The molecule has 1 aliphatic heterocycles. The highest BCUT2D eigenvalue weighted by Crippen LogP contribution is 2.68. The molecule has 3 saturated carbocycles. The summed E-state index contributed by atoms with van der Waals surface area (Å²) >= 11 is 1.43. The maximum atomic E-state index is 13.6. The van der Waals surface area contributed by atoms with Gasteiger partial charge in [0.2, 0.25) is 5.91 Å². The summed E-state index contributed by atoms with van der Waals surface area (Å²) in [5, 5.41) is 11.7. The molecule has 3 aliphatic carbocycles. The molecular weight excluding hydrogens is 540 g/mol. The number of hydrogen-bond acceptors (Lipinski definition) is 8. The summed E-state index contributed by atoms with van der Waals surface area (Å²) in [6.07, 6.45) is 4.17. The Hall–Kier alpha value is -1.42. The van der Waals surface area contributed by atoms with Crippen LogP contribution in [0.25, 0.3) is 0 Å². The Kier molecular flexibility index (Phi) is 9.74. The number of hydrogen-bond donors (Lipinski definition) is 2. The molecule has 1 saturated heterocycles. The predicted molar refractivity (Wildman–Crippen MR) is 161 cm³/mol. The van der Waals surface area contributed by atoms with E-state index in [1.165, 1.54) is 11.8 Å². The molecule has 0 aromatic rings. The molecule has 1 heterocycles. The van der Waals surface area contributed by atoms with Gasteiger partial charge in [-0.1, -0.05) is 47.6 Å². The first-order valence-electron chi connectivity index (χ1n) is 15.5. The zero-order valence-electron chi connectivity index (χ0n) is 25.9. The molecule has 8 nitrogen and oxygen atoms in total. The van der Waals surface area contributed by atoms with Crippen molar-refractivity contribution in [3.63, 3.8) is 0 Å². The van der Waals surface area contributed by atoms with E-state index in [-0.39, 0.29) is 58.5 Å². The standard InChI is InChI=1S/C32H52N2O6S/c1-8-30(6)15-24(31(7)20(4)9-11-32(21(5)28(30)37)12-10-23(35)27(31)32)40-25(36)18-41-17-22-16-39-14-13-34(22)29(38)26(33)19(2)3/h8,19-22,24,26-28,37H,1,9-18,33H2,2-7H3/t20?,21-,22?,24+,26+,27?,28-,30+,31-,32-/m0/s1. The molecule has 3 N–H and O–H groups in total. The Bertz CT molecular complexity index is 1020. The van der Waals surface area contributed by atoms with E-state index in [1.807, 2.05) is 26.8 Å². The third-order valence-corrected chi connectivity index (χ3v) is 12.7. The molecular formula is C32H52N2O6S. The van der Waals surface area contributed by atoms with E-state index in [4.69, 9.17) is 15.2 Å². The normalized spacial score (nSPS) is 41.8. The number of rotatable bonds is 8. The van der Waals surface area contributed by atoms with Crippen LogP contribution < -0.4 is 5.73 Å². The molecule has 9 heteroatoms. The number of nitrogens with zero attached hydrogens (tertiary/aromatic N) is 1. The minimum atomic E-state index is -0.686. The second-order valence-corrected chi connectivity index (χ2v) is 15.1. The molecule has 4 fully saturated rings. The highest BCUT2D eigenvalue weighted by Gasteiger charge is 2.68. The van der Waals surface area contributed by atoms with Crippen molar-refractivity contribution >= 4 is 29.4 Å². The predicted octanol–water partition coefficient (Wildman–Crippen LogP) is 3.84. The molecule has 0 radical (unpaired) electrons. The second-order valence-electron chi connectivity index (χ2n) is 14.1. The summed E-state index contributed by atoms with van der Waals surface area (Å²) < 4.78 is 12.0. The van der Waals surface area contributed by atoms with Crippen LogP contribution in [0.1, 0.15) is 73.6 Å². The minimum absolute atomic E-state index is 0.0363. The van der Waals surface area contributed by atoms with E-state index in [0.717, 1.165) is 19.3 Å². The minimum Gasteiger partial charge on any atom is -0.461 e. The monoisotopic (exact) mass is 592 g/mol. The fraction of sp³-hybridized carbons (Fsp3) is 0.844. The van der Waals surface area contributed by atoms with Crippen molar-refractivity contribution in [2.24, 2.45) is 45.7 Å². The number of carbonyl (C=O) groups is 3. The van der Waals surface area contributed by atoms with Gasteiger partial charge in [-0.05, 0) is 48.9 Å². The van der Waals surface area contributed by atoms with E-state index in [2.05, 4.69) is 27.4 Å². The quantitative estimate of drug-likeness (QED) is 0.322. The van der Waals surface area contributed by atoms with E-state index in [9.17, 15) is 19.5 Å². The van der Waals surface area contributed by atoms with Crippen LogP contribution in [0.2, 0.25) is 0 Å². The average Bonchev–Trinajstić information content (AvgIpc) is 3.30. The van der Waals surface area contributed by atoms with Gasteiger partial charge in [-0.25, -0.2) is 0 Å². The first-order chi connectivity index (χ1) is 19.2. The Morgan fingerprint density at radius 1 is 1.29 bits per heavy atom. The Balaban J connectivity index is 1.51. The summed E-state index contributed by atoms with van der Waals surface area (Å²) in [5.74, 6) is 0.420. The van der Waals surface area contributed by atoms with Gasteiger partial charge < -0.3 is 25.2 Å². The van der Waals surface area contributed by atoms with Crippen LogP contribution in [0, 0.1) is 39.9 Å². The zero-order chi connectivity index (χ0) is 30.3. The number of thioether (sulfide) groups is 1. The number of morpholine rings is 1. The second kappa shape index (κ2) is 12.3. The third kappa shape index (κ3) is 5.65. The molecule has 10 atom stereocenters. The summed E-state index contributed by atoms with van der Waals surface area (Å²) in [5.41, 5.74) is 4.67. The number of aliphatic hydroxyl groups excluding tert-OH is 1. The van der Waals surface area contributed by atoms with Crippen molar-refractivity contribution in [1.29, 1.82) is 0 Å². The van der Waals surface area contributed by atoms with E-state index < -0.39 is 29.1 Å². The van der Waals surface area contributed by atoms with Gasteiger partial charge in [-0.3, -0.25) is 14.4 Å². The van der Waals surface area contributed by atoms with Crippen molar-refractivity contribution in [3.8, 4) is 0 Å². The third-order valence-electron chi connectivity index (χ3n) is 11.6. The van der Waals surface area contributed by atoms with Crippen molar-refractivity contribution in [1.82, 2.24) is 4.90 Å². The zero-order valence-corrected chi connectivity index (χ0v) is 26.7. The summed E-state index contributed by atoms with van der Waals surface area (Å²) in [6, 6.07) is -0.723. The number of Topliss-reactive ketones (excluding diaryl/α,β-unsaturated/α-hetero) is 1. The highest BCUT2D eigenvalue weighted by molar-refractivity contribution is 7.99. The molecule has 0 aromatic carbocycles. The average molecular weight is 593 g/mol. The Labute approximate surface area is 250 Å². The molecule has 0 spiro atoms. The summed E-state index contributed by atoms with van der Waals surface area (Å²) in [4.78, 5) is 41.8. The van der Waals surface area contributed by atoms with Crippen LogP contribution in [-0.4, -0.2) is 83.2 Å². The maximum absolute atomic E-state index is 13.6. The molecule has 4 aliphatic rings. The van der Waals surface area contributed by atoms with E-state index in [1.54, 1.807) is 4.90 Å². The lowest BCUT2D eigenvalue weighted by atomic mass is 9.44. The van der Waals surface area contributed by atoms with Gasteiger partial charge in [0.05, 0.1) is 37.2 Å². The summed E-state index contributed by atoms with van der Waals surface area (Å²) in [7, 11) is 0. The number of amides is 1. The largest absolute Gasteiger partial charge is 0.461 e. The number of aliphatic hydroxyl groups is 1. The number of nitrogens with two attached hydrogens (primary N) is 1. The van der Waals surface area contributed by atoms with Crippen LogP contribution in [0.15, 0.2) is 12.7 Å². The smallest absolute Gasteiger partial charge is 0.316 e. The fourth-order valence-corrected chi connectivity index (χ4v) is 9.43. The van der Waals surface area contributed by atoms with Crippen LogP contribution >= 0.6 is 11.8 Å². The van der Waals surface area contributed by atoms with Gasteiger partial charge in [0.1, 0.15) is 11.9 Å². The molecule has 3 unspecified atom stereocenters. The molecule has 2 bridgehead atoms. The van der Waals surface area contributed by atoms with Crippen molar-refractivity contribution in [3.05, 3.63) is 12.7 Å². The van der Waals surface area contributed by atoms with Gasteiger partial charge in [-0.2, -0.15) is 0 Å². The van der Waals surface area contributed by atoms with Crippen LogP contribution in [0.5, 0.6) is 0 Å². The highest BCUT2D eigenvalue weighted by atomic mass is 32.2. The van der Waals surface area contributed by atoms with Gasteiger partial charge in [0, 0.05) is 35.5 Å². The lowest BCUT2D eigenvalue weighted by molar-refractivity contribution is -0.205. The first kappa shape index (κ1) is 32.5. The fourth-order valence-electron chi connectivity index (χ4n) is 8.53. The van der Waals surface area contributed by atoms with Gasteiger partial charge in [0.25, 0.3) is 0 Å². The van der Waals surface area contributed by atoms with E-state index in [0.29, 0.717) is 38.4 Å².